The van der Waals surface area contributed by atoms with Gasteiger partial charge in [0.2, 0.25) is 0 Å². The number of aliphatic hydroxyl groups is 2. The van der Waals surface area contributed by atoms with Crippen molar-refractivity contribution >= 4 is 5.97 Å². The molecule has 0 bridgehead atoms. The summed E-state index contributed by atoms with van der Waals surface area (Å²) in [5.74, 6) is 1.16. The third-order valence-electron chi connectivity index (χ3n) is 8.11. The van der Waals surface area contributed by atoms with Crippen molar-refractivity contribution in [1.82, 2.24) is 0 Å². The van der Waals surface area contributed by atoms with Crippen LogP contribution in [0.3, 0.4) is 0 Å². The van der Waals surface area contributed by atoms with Crippen LogP contribution in [0.1, 0.15) is 58.3 Å². The molecule has 7 atom stereocenters. The molecule has 0 aromatic carbocycles. The summed E-state index contributed by atoms with van der Waals surface area (Å²) in [5, 5.41) is 20.6. The molecule has 4 nitrogen and oxygen atoms in total. The molecule has 134 valence electrons. The number of allylic oxidation sites excluding steroid dienone is 1. The number of fused-ring (bicyclic) bond motifs is 5. The summed E-state index contributed by atoms with van der Waals surface area (Å²) in [6.45, 7) is 2.25. The molecule has 0 aromatic heterocycles. The monoisotopic (exact) mass is 334 g/mol. The maximum Gasteiger partial charge on any atom is 0.316 e. The molecule has 3 saturated carbocycles. The van der Waals surface area contributed by atoms with Gasteiger partial charge in [0, 0.05) is 0 Å². The maximum absolute atomic E-state index is 12.9. The lowest BCUT2D eigenvalue weighted by Gasteiger charge is -2.57. The van der Waals surface area contributed by atoms with Gasteiger partial charge in [0.25, 0.3) is 0 Å². The predicted octanol–water partition coefficient (Wildman–Crippen LogP) is 2.82. The van der Waals surface area contributed by atoms with Crippen molar-refractivity contribution in [3.8, 4) is 0 Å². The molecule has 2 N–H and O–H groups in total. The third kappa shape index (κ3) is 2.02. The van der Waals surface area contributed by atoms with E-state index in [9.17, 15) is 15.0 Å². The average Bonchev–Trinajstić information content (AvgIpc) is 2.89. The fourth-order valence-corrected chi connectivity index (χ4v) is 6.83. The number of methoxy groups -OCH3 is 1. The minimum absolute atomic E-state index is 0.0119. The average molecular weight is 334 g/mol. The van der Waals surface area contributed by atoms with Crippen molar-refractivity contribution < 1.29 is 19.7 Å². The number of carbonyl (C=O) groups is 1. The van der Waals surface area contributed by atoms with E-state index >= 15 is 0 Å². The van der Waals surface area contributed by atoms with Crippen molar-refractivity contribution in [2.75, 3.05) is 7.11 Å². The molecule has 0 aromatic rings. The molecule has 3 fully saturated rings. The largest absolute Gasteiger partial charge is 0.468 e. The Hall–Kier alpha value is -0.870. The van der Waals surface area contributed by atoms with E-state index in [1.54, 1.807) is 0 Å². The highest BCUT2D eigenvalue weighted by Gasteiger charge is 2.62. The molecule has 4 aliphatic carbocycles. The first-order chi connectivity index (χ1) is 11.4. The van der Waals surface area contributed by atoms with Crippen molar-refractivity contribution in [3.63, 3.8) is 0 Å². The fourth-order valence-electron chi connectivity index (χ4n) is 6.83. The quantitative estimate of drug-likeness (QED) is 0.572. The highest BCUT2D eigenvalue weighted by molar-refractivity contribution is 5.82. The third-order valence-corrected chi connectivity index (χ3v) is 8.11. The topological polar surface area (TPSA) is 66.8 Å². The Morgan fingerprint density at radius 1 is 1.17 bits per heavy atom. The van der Waals surface area contributed by atoms with E-state index in [2.05, 4.69) is 13.0 Å². The molecule has 24 heavy (non-hydrogen) atoms. The van der Waals surface area contributed by atoms with Gasteiger partial charge < -0.3 is 14.9 Å². The highest BCUT2D eigenvalue weighted by Crippen LogP contribution is 2.65. The SMILES string of the molecule is COC(=O)[C@]12CCC(O)CC1=CC[C@@H]1[C@H]2CC[C@]2(C)C(O)CC[C@@H]12. The molecular formula is C20H30O4. The summed E-state index contributed by atoms with van der Waals surface area (Å²) in [6.07, 6.45) is 8.64. The second kappa shape index (κ2) is 5.57. The Kier molecular flexibility index (Phi) is 3.85. The van der Waals surface area contributed by atoms with Crippen LogP contribution in [0.25, 0.3) is 0 Å². The van der Waals surface area contributed by atoms with Gasteiger partial charge in [-0.15, -0.1) is 0 Å². The van der Waals surface area contributed by atoms with Crippen LogP contribution < -0.4 is 0 Å². The lowest BCUT2D eigenvalue weighted by Crippen LogP contribution is -2.55. The van der Waals surface area contributed by atoms with Crippen LogP contribution in [-0.4, -0.2) is 35.5 Å². The number of hydrogen-bond acceptors (Lipinski definition) is 4. The Morgan fingerprint density at radius 3 is 2.71 bits per heavy atom. The fraction of sp³-hybridized carbons (Fsp3) is 0.850. The minimum Gasteiger partial charge on any atom is -0.468 e. The number of ether oxygens (including phenoxy) is 1. The lowest BCUT2D eigenvalue weighted by molar-refractivity contribution is -0.164. The van der Waals surface area contributed by atoms with E-state index in [0.717, 1.165) is 37.7 Å². The van der Waals surface area contributed by atoms with E-state index < -0.39 is 5.41 Å². The van der Waals surface area contributed by atoms with Crippen molar-refractivity contribution in [2.24, 2.45) is 28.6 Å². The molecule has 4 rings (SSSR count). The zero-order chi connectivity index (χ0) is 17.1. The Labute approximate surface area is 144 Å². The standard InChI is InChI=1S/C20H30O4/c1-19-9-8-16-14(15(19)5-6-17(19)22)4-3-12-11-13(21)7-10-20(12,16)18(23)24-2/h3,13-17,21-22H,4-11H2,1-2H3/t13?,14-,15-,16+,17?,19-,20+/m0/s1. The van der Waals surface area contributed by atoms with Gasteiger partial charge in [-0.3, -0.25) is 4.79 Å². The van der Waals surface area contributed by atoms with Crippen LogP contribution in [0.15, 0.2) is 11.6 Å². The van der Waals surface area contributed by atoms with E-state index in [4.69, 9.17) is 4.74 Å². The van der Waals surface area contributed by atoms with Gasteiger partial charge in [-0.2, -0.15) is 0 Å². The van der Waals surface area contributed by atoms with Crippen LogP contribution in [0, 0.1) is 28.6 Å². The molecule has 2 unspecified atom stereocenters. The first-order valence-corrected chi connectivity index (χ1v) is 9.57. The van der Waals surface area contributed by atoms with Crippen LogP contribution >= 0.6 is 0 Å². The summed E-state index contributed by atoms with van der Waals surface area (Å²) < 4.78 is 5.28. The Bertz CT molecular complexity index is 570. The van der Waals surface area contributed by atoms with Crippen molar-refractivity contribution in [1.29, 1.82) is 0 Å². The van der Waals surface area contributed by atoms with Crippen LogP contribution in [-0.2, 0) is 9.53 Å². The zero-order valence-corrected chi connectivity index (χ0v) is 14.8. The number of aliphatic hydroxyl groups excluding tert-OH is 2. The van der Waals surface area contributed by atoms with E-state index in [1.807, 2.05) is 0 Å². The van der Waals surface area contributed by atoms with E-state index in [1.165, 1.54) is 7.11 Å². The Morgan fingerprint density at radius 2 is 1.96 bits per heavy atom. The first-order valence-electron chi connectivity index (χ1n) is 9.57. The molecular weight excluding hydrogens is 304 g/mol. The van der Waals surface area contributed by atoms with E-state index in [0.29, 0.717) is 37.0 Å². The van der Waals surface area contributed by atoms with Crippen molar-refractivity contribution in [3.05, 3.63) is 11.6 Å². The van der Waals surface area contributed by atoms with Crippen LogP contribution in [0.5, 0.6) is 0 Å². The molecule has 0 heterocycles. The number of carbonyl (C=O) groups excluding carboxylic acids is 1. The highest BCUT2D eigenvalue weighted by atomic mass is 16.5. The first kappa shape index (κ1) is 16.6. The number of esters is 1. The summed E-state index contributed by atoms with van der Waals surface area (Å²) >= 11 is 0. The predicted molar refractivity (Wildman–Crippen MR) is 90.1 cm³/mol. The molecule has 0 amide bonds. The van der Waals surface area contributed by atoms with Gasteiger partial charge in [0.05, 0.1) is 24.7 Å². The molecule has 0 radical (unpaired) electrons. The van der Waals surface area contributed by atoms with Gasteiger partial charge >= 0.3 is 5.97 Å². The molecule has 0 aliphatic heterocycles. The van der Waals surface area contributed by atoms with Gasteiger partial charge in [-0.25, -0.2) is 0 Å². The number of rotatable bonds is 1. The molecule has 4 aliphatic rings. The summed E-state index contributed by atoms with van der Waals surface area (Å²) in [6, 6.07) is 0. The second-order valence-corrected chi connectivity index (χ2v) is 8.84. The zero-order valence-electron chi connectivity index (χ0n) is 14.8. The minimum atomic E-state index is -0.522. The number of hydrogen-bond donors (Lipinski definition) is 2. The molecule has 0 spiro atoms. The molecule has 4 heteroatoms. The van der Waals surface area contributed by atoms with Crippen LogP contribution in [0.2, 0.25) is 0 Å². The smallest absolute Gasteiger partial charge is 0.316 e. The Balaban J connectivity index is 1.75. The summed E-state index contributed by atoms with van der Waals surface area (Å²) in [7, 11) is 1.50. The molecule has 0 saturated heterocycles. The van der Waals surface area contributed by atoms with Gasteiger partial charge in [0.15, 0.2) is 0 Å². The summed E-state index contributed by atoms with van der Waals surface area (Å²) in [5.41, 5.74) is 0.612. The van der Waals surface area contributed by atoms with Gasteiger partial charge in [0.1, 0.15) is 0 Å². The van der Waals surface area contributed by atoms with Gasteiger partial charge in [-0.05, 0) is 74.5 Å². The van der Waals surface area contributed by atoms with Crippen LogP contribution in [0.4, 0.5) is 0 Å². The normalized spacial score (nSPS) is 50.3. The van der Waals surface area contributed by atoms with Gasteiger partial charge in [-0.1, -0.05) is 18.6 Å². The summed E-state index contributed by atoms with van der Waals surface area (Å²) in [4.78, 5) is 12.9. The second-order valence-electron chi connectivity index (χ2n) is 8.84. The lowest BCUT2D eigenvalue weighted by atomic mass is 9.47. The maximum atomic E-state index is 12.9. The van der Waals surface area contributed by atoms with Crippen molar-refractivity contribution in [2.45, 2.75) is 70.5 Å². The van der Waals surface area contributed by atoms with E-state index in [-0.39, 0.29) is 23.6 Å².